The molecule has 0 saturated heterocycles. The van der Waals surface area contributed by atoms with Crippen molar-refractivity contribution >= 4 is 18.3 Å². The maximum atomic E-state index is 11.6. The summed E-state index contributed by atoms with van der Waals surface area (Å²) in [6.45, 7) is 2.28. The molecular formula is C17H27ClN2O3. The molecule has 3 N–H and O–H groups in total. The maximum absolute atomic E-state index is 11.6. The van der Waals surface area contributed by atoms with Gasteiger partial charge >= 0.3 is 0 Å². The van der Waals surface area contributed by atoms with Crippen LogP contribution >= 0.6 is 12.4 Å². The van der Waals surface area contributed by atoms with Crippen molar-refractivity contribution in [1.82, 2.24) is 5.32 Å². The van der Waals surface area contributed by atoms with Crippen molar-refractivity contribution < 1.29 is 14.3 Å². The highest BCUT2D eigenvalue weighted by Crippen LogP contribution is 2.32. The first kappa shape index (κ1) is 19.6. The molecule has 1 saturated carbocycles. The molecule has 1 unspecified atom stereocenters. The van der Waals surface area contributed by atoms with Crippen LogP contribution in [0, 0.1) is 0 Å². The Morgan fingerprint density at radius 1 is 1.35 bits per heavy atom. The van der Waals surface area contributed by atoms with E-state index in [-0.39, 0.29) is 24.4 Å². The van der Waals surface area contributed by atoms with Crippen molar-refractivity contribution in [2.24, 2.45) is 5.73 Å². The first-order valence-corrected chi connectivity index (χ1v) is 7.94. The molecule has 130 valence electrons. The molecule has 1 aromatic rings. The Balaban J connectivity index is 0.00000264. The summed E-state index contributed by atoms with van der Waals surface area (Å²) in [4.78, 5) is 11.6. The van der Waals surface area contributed by atoms with Crippen LogP contribution in [0.4, 0.5) is 0 Å². The summed E-state index contributed by atoms with van der Waals surface area (Å²) in [6.07, 6.45) is 5.31. The van der Waals surface area contributed by atoms with Gasteiger partial charge in [0.25, 0.3) is 0 Å². The third-order valence-corrected chi connectivity index (χ3v) is 3.82. The predicted molar refractivity (Wildman–Crippen MR) is 93.2 cm³/mol. The molecule has 0 aromatic heterocycles. The Hall–Kier alpha value is -1.46. The van der Waals surface area contributed by atoms with E-state index in [1.807, 2.05) is 25.1 Å². The number of hydrogen-bond acceptors (Lipinski definition) is 4. The average molecular weight is 343 g/mol. The molecule has 1 aliphatic carbocycles. The van der Waals surface area contributed by atoms with Gasteiger partial charge in [-0.1, -0.05) is 6.07 Å². The fourth-order valence-electron chi connectivity index (χ4n) is 2.67. The van der Waals surface area contributed by atoms with E-state index in [1.54, 1.807) is 7.11 Å². The van der Waals surface area contributed by atoms with Crippen LogP contribution in [0.15, 0.2) is 18.2 Å². The van der Waals surface area contributed by atoms with Crippen molar-refractivity contribution in [2.45, 2.75) is 57.7 Å². The molecule has 0 aliphatic heterocycles. The topological polar surface area (TPSA) is 73.6 Å². The zero-order chi connectivity index (χ0) is 15.9. The highest BCUT2D eigenvalue weighted by Gasteiger charge is 2.18. The molecule has 1 atom stereocenters. The summed E-state index contributed by atoms with van der Waals surface area (Å²) < 4.78 is 11.4. The molecule has 0 heterocycles. The summed E-state index contributed by atoms with van der Waals surface area (Å²) in [6, 6.07) is 5.66. The second-order valence-electron chi connectivity index (χ2n) is 5.97. The Morgan fingerprint density at radius 2 is 2.04 bits per heavy atom. The van der Waals surface area contributed by atoms with Gasteiger partial charge in [-0.25, -0.2) is 0 Å². The Morgan fingerprint density at radius 3 is 2.65 bits per heavy atom. The molecule has 1 amide bonds. The SMILES string of the molecule is COc1cc(CNC(=O)CC(C)N)ccc1OC1CCCC1.Cl. The number of nitrogens with one attached hydrogen (secondary N) is 1. The van der Waals surface area contributed by atoms with Crippen molar-refractivity contribution in [2.75, 3.05) is 7.11 Å². The summed E-state index contributed by atoms with van der Waals surface area (Å²) in [5, 5.41) is 2.86. The summed E-state index contributed by atoms with van der Waals surface area (Å²) in [5.41, 5.74) is 6.59. The molecule has 0 spiro atoms. The Bertz CT molecular complexity index is 503. The predicted octanol–water partition coefficient (Wildman–Crippen LogP) is 2.79. The van der Waals surface area contributed by atoms with Gasteiger partial charge in [-0.2, -0.15) is 0 Å². The van der Waals surface area contributed by atoms with Crippen molar-refractivity contribution in [1.29, 1.82) is 0 Å². The van der Waals surface area contributed by atoms with E-state index in [2.05, 4.69) is 5.32 Å². The molecule has 0 radical (unpaired) electrons. The van der Waals surface area contributed by atoms with E-state index in [1.165, 1.54) is 12.8 Å². The molecular weight excluding hydrogens is 316 g/mol. The van der Waals surface area contributed by atoms with E-state index in [4.69, 9.17) is 15.2 Å². The Kier molecular flexibility index (Phi) is 8.20. The fraction of sp³-hybridized carbons (Fsp3) is 0.588. The second kappa shape index (κ2) is 9.63. The molecule has 2 rings (SSSR count). The highest BCUT2D eigenvalue weighted by atomic mass is 35.5. The van der Waals surface area contributed by atoms with Crippen molar-refractivity contribution in [3.05, 3.63) is 23.8 Å². The van der Waals surface area contributed by atoms with Crippen molar-refractivity contribution in [3.63, 3.8) is 0 Å². The van der Waals surface area contributed by atoms with E-state index in [0.717, 1.165) is 24.2 Å². The highest BCUT2D eigenvalue weighted by molar-refractivity contribution is 5.85. The number of carbonyl (C=O) groups excluding carboxylic acids is 1. The van der Waals surface area contributed by atoms with E-state index >= 15 is 0 Å². The lowest BCUT2D eigenvalue weighted by Crippen LogP contribution is -2.29. The summed E-state index contributed by atoms with van der Waals surface area (Å²) in [7, 11) is 1.63. The lowest BCUT2D eigenvalue weighted by Gasteiger charge is -2.17. The molecule has 1 aromatic carbocycles. The van der Waals surface area contributed by atoms with Gasteiger partial charge in [0.1, 0.15) is 0 Å². The fourth-order valence-corrected chi connectivity index (χ4v) is 2.67. The number of hydrogen-bond donors (Lipinski definition) is 2. The van der Waals surface area contributed by atoms with Crippen molar-refractivity contribution in [3.8, 4) is 11.5 Å². The van der Waals surface area contributed by atoms with Crippen LogP contribution in [0.2, 0.25) is 0 Å². The van der Waals surface area contributed by atoms with Gasteiger partial charge in [0.05, 0.1) is 13.2 Å². The zero-order valence-electron chi connectivity index (χ0n) is 13.8. The normalized spacial score (nSPS) is 15.6. The maximum Gasteiger partial charge on any atom is 0.221 e. The monoisotopic (exact) mass is 342 g/mol. The van der Waals surface area contributed by atoms with Crippen LogP contribution in [-0.4, -0.2) is 25.2 Å². The minimum atomic E-state index is -0.128. The molecule has 0 bridgehead atoms. The number of benzene rings is 1. The molecule has 1 aliphatic rings. The number of ether oxygens (including phenoxy) is 2. The third-order valence-electron chi connectivity index (χ3n) is 3.82. The van der Waals surface area contributed by atoms with Gasteiger partial charge in [-0.15, -0.1) is 12.4 Å². The van der Waals surface area contributed by atoms with Gasteiger partial charge in [-0.05, 0) is 50.3 Å². The van der Waals surface area contributed by atoms with Gasteiger partial charge in [0, 0.05) is 19.0 Å². The van der Waals surface area contributed by atoms with Crippen LogP contribution < -0.4 is 20.5 Å². The van der Waals surface area contributed by atoms with E-state index in [0.29, 0.717) is 24.8 Å². The summed E-state index contributed by atoms with van der Waals surface area (Å²) >= 11 is 0. The van der Waals surface area contributed by atoms with Gasteiger partial charge in [-0.3, -0.25) is 4.79 Å². The minimum Gasteiger partial charge on any atom is -0.493 e. The summed E-state index contributed by atoms with van der Waals surface area (Å²) in [5.74, 6) is 1.45. The lowest BCUT2D eigenvalue weighted by atomic mass is 10.2. The Labute approximate surface area is 144 Å². The molecule has 6 heteroatoms. The van der Waals surface area contributed by atoms with E-state index in [9.17, 15) is 4.79 Å². The van der Waals surface area contributed by atoms with Gasteiger partial charge < -0.3 is 20.5 Å². The largest absolute Gasteiger partial charge is 0.493 e. The van der Waals surface area contributed by atoms with Crippen LogP contribution in [0.25, 0.3) is 0 Å². The van der Waals surface area contributed by atoms with Crippen LogP contribution in [0.3, 0.4) is 0 Å². The number of amides is 1. The van der Waals surface area contributed by atoms with Crippen LogP contribution in [0.5, 0.6) is 11.5 Å². The first-order chi connectivity index (χ1) is 10.6. The average Bonchev–Trinajstić information content (AvgIpc) is 2.98. The van der Waals surface area contributed by atoms with Gasteiger partial charge in [0.2, 0.25) is 5.91 Å². The quantitative estimate of drug-likeness (QED) is 0.799. The van der Waals surface area contributed by atoms with Gasteiger partial charge in [0.15, 0.2) is 11.5 Å². The van der Waals surface area contributed by atoms with Crippen LogP contribution in [-0.2, 0) is 11.3 Å². The molecule has 1 fully saturated rings. The minimum absolute atomic E-state index is 0. The molecule has 5 nitrogen and oxygen atoms in total. The number of carbonyl (C=O) groups is 1. The number of halogens is 1. The standard InChI is InChI=1S/C17H26N2O3.ClH/c1-12(18)9-17(20)19-11-13-7-8-15(16(10-13)21-2)22-14-5-3-4-6-14;/h7-8,10,12,14H,3-6,9,11,18H2,1-2H3,(H,19,20);1H. The third kappa shape index (κ3) is 6.28. The van der Waals surface area contributed by atoms with Crippen LogP contribution in [0.1, 0.15) is 44.6 Å². The second-order valence-corrected chi connectivity index (χ2v) is 5.97. The number of rotatable bonds is 7. The number of methoxy groups -OCH3 is 1. The smallest absolute Gasteiger partial charge is 0.221 e. The number of nitrogens with two attached hydrogens (primary N) is 1. The first-order valence-electron chi connectivity index (χ1n) is 7.94. The molecule has 23 heavy (non-hydrogen) atoms. The van der Waals surface area contributed by atoms with E-state index < -0.39 is 0 Å². The lowest BCUT2D eigenvalue weighted by molar-refractivity contribution is -0.121. The zero-order valence-corrected chi connectivity index (χ0v) is 14.7.